The lowest BCUT2D eigenvalue weighted by molar-refractivity contribution is -0.236. The van der Waals surface area contributed by atoms with Gasteiger partial charge in [-0.3, -0.25) is 4.79 Å². The van der Waals surface area contributed by atoms with Crippen molar-refractivity contribution in [3.05, 3.63) is 6.92 Å². The summed E-state index contributed by atoms with van der Waals surface area (Å²) >= 11 is 0. The van der Waals surface area contributed by atoms with Crippen molar-refractivity contribution in [2.45, 2.75) is 110 Å². The first-order valence-corrected chi connectivity index (χ1v) is 12.4. The molecule has 1 atom stereocenters. The number of aliphatic hydroxyl groups excluding tert-OH is 1. The molecule has 0 aromatic carbocycles. The van der Waals surface area contributed by atoms with E-state index in [-0.39, 0.29) is 43.2 Å². The molecule has 1 N–H and O–H groups in total. The second-order valence-corrected chi connectivity index (χ2v) is 9.15. The monoisotopic (exact) mass is 427 g/mol. The average Bonchev–Trinajstić information content (AvgIpc) is 2.77. The first-order valence-electron chi connectivity index (χ1n) is 12.4. The lowest BCUT2D eigenvalue weighted by Gasteiger charge is -2.40. The minimum atomic E-state index is -0.320. The van der Waals surface area contributed by atoms with Crippen LogP contribution in [-0.2, 0) is 19.0 Å². The van der Waals surface area contributed by atoms with Gasteiger partial charge in [0, 0.05) is 24.4 Å². The quantitative estimate of drug-likeness (QED) is 0.220. The van der Waals surface area contributed by atoms with Crippen molar-refractivity contribution in [1.82, 2.24) is 0 Å². The summed E-state index contributed by atoms with van der Waals surface area (Å²) in [6.45, 7) is 9.74. The highest BCUT2D eigenvalue weighted by Crippen LogP contribution is 2.37. The van der Waals surface area contributed by atoms with Crippen LogP contribution in [0.15, 0.2) is 0 Å². The van der Waals surface area contributed by atoms with Gasteiger partial charge in [0.2, 0.25) is 0 Å². The van der Waals surface area contributed by atoms with E-state index in [2.05, 4.69) is 20.8 Å². The zero-order valence-corrected chi connectivity index (χ0v) is 19.7. The number of esters is 1. The zero-order valence-electron chi connectivity index (χ0n) is 19.7. The van der Waals surface area contributed by atoms with Crippen LogP contribution < -0.4 is 0 Å². The molecule has 1 heterocycles. The van der Waals surface area contributed by atoms with Crippen LogP contribution in [0.2, 0.25) is 0 Å². The van der Waals surface area contributed by atoms with E-state index in [0.29, 0.717) is 6.42 Å². The summed E-state index contributed by atoms with van der Waals surface area (Å²) in [5.41, 5.74) is 0.137. The predicted molar refractivity (Wildman–Crippen MR) is 121 cm³/mol. The number of carbonyl (C=O) groups is 1. The van der Waals surface area contributed by atoms with Gasteiger partial charge in [-0.15, -0.1) is 0 Å². The third-order valence-corrected chi connectivity index (χ3v) is 6.09. The average molecular weight is 428 g/mol. The van der Waals surface area contributed by atoms with Crippen molar-refractivity contribution in [1.29, 1.82) is 0 Å². The fourth-order valence-corrected chi connectivity index (χ4v) is 3.99. The third kappa shape index (κ3) is 12.3. The molecule has 5 nitrogen and oxygen atoms in total. The Bertz CT molecular complexity index is 418. The SMILES string of the molecule is [CH2]C(CO)COC(=O)CCC1OCC(CCCCCC)(CCCCCCCC)CO1. The first kappa shape index (κ1) is 27.4. The van der Waals surface area contributed by atoms with Gasteiger partial charge < -0.3 is 19.3 Å². The molecule has 0 bridgehead atoms. The molecule has 0 aliphatic carbocycles. The molecule has 0 saturated carbocycles. The highest BCUT2D eigenvalue weighted by Gasteiger charge is 2.36. The maximum Gasteiger partial charge on any atom is 0.305 e. The van der Waals surface area contributed by atoms with Crippen LogP contribution in [0.5, 0.6) is 0 Å². The summed E-state index contributed by atoms with van der Waals surface area (Å²) in [5, 5.41) is 8.94. The molecule has 1 aliphatic heterocycles. The van der Waals surface area contributed by atoms with E-state index in [1.807, 2.05) is 0 Å². The van der Waals surface area contributed by atoms with E-state index in [4.69, 9.17) is 19.3 Å². The van der Waals surface area contributed by atoms with Crippen molar-refractivity contribution in [2.75, 3.05) is 26.4 Å². The summed E-state index contributed by atoms with van der Waals surface area (Å²) in [5.74, 6) is -0.556. The van der Waals surface area contributed by atoms with Gasteiger partial charge in [0.15, 0.2) is 6.29 Å². The van der Waals surface area contributed by atoms with Crippen LogP contribution in [0.25, 0.3) is 0 Å². The number of unbranched alkanes of at least 4 members (excludes halogenated alkanes) is 8. The Kier molecular flexibility index (Phi) is 15.5. The number of rotatable bonds is 18. The van der Waals surface area contributed by atoms with Gasteiger partial charge in [-0.25, -0.2) is 0 Å². The van der Waals surface area contributed by atoms with Crippen LogP contribution >= 0.6 is 0 Å². The Morgan fingerprint density at radius 3 is 2.10 bits per heavy atom. The third-order valence-electron chi connectivity index (χ3n) is 6.09. The van der Waals surface area contributed by atoms with Crippen LogP contribution in [0.4, 0.5) is 0 Å². The maximum absolute atomic E-state index is 11.8. The molecule has 1 radical (unpaired) electrons. The Morgan fingerprint density at radius 1 is 1.00 bits per heavy atom. The molecule has 0 amide bonds. The topological polar surface area (TPSA) is 65.0 Å². The molecule has 1 saturated heterocycles. The summed E-state index contributed by atoms with van der Waals surface area (Å²) in [6, 6.07) is 0. The van der Waals surface area contributed by atoms with E-state index in [0.717, 1.165) is 13.2 Å². The van der Waals surface area contributed by atoms with Crippen LogP contribution in [0, 0.1) is 18.3 Å². The van der Waals surface area contributed by atoms with Gasteiger partial charge in [0.1, 0.15) is 0 Å². The Hall–Kier alpha value is -0.650. The number of hydrogen-bond donors (Lipinski definition) is 1. The first-order chi connectivity index (χ1) is 14.5. The zero-order chi connectivity index (χ0) is 22.1. The molecular formula is C25H47O5. The minimum absolute atomic E-state index is 0.0823. The number of carbonyl (C=O) groups excluding carboxylic acids is 1. The second-order valence-electron chi connectivity index (χ2n) is 9.15. The van der Waals surface area contributed by atoms with E-state index in [9.17, 15) is 4.79 Å². The van der Waals surface area contributed by atoms with Gasteiger partial charge in [-0.2, -0.15) is 0 Å². The minimum Gasteiger partial charge on any atom is -0.465 e. The summed E-state index contributed by atoms with van der Waals surface area (Å²) in [6.07, 6.45) is 15.7. The molecule has 0 aromatic heterocycles. The molecule has 1 fully saturated rings. The van der Waals surface area contributed by atoms with Gasteiger partial charge in [0.05, 0.1) is 26.2 Å². The summed E-state index contributed by atoms with van der Waals surface area (Å²) < 4.78 is 17.2. The van der Waals surface area contributed by atoms with Gasteiger partial charge >= 0.3 is 5.97 Å². The van der Waals surface area contributed by atoms with E-state index in [1.165, 1.54) is 77.0 Å². The van der Waals surface area contributed by atoms with Crippen LogP contribution in [-0.4, -0.2) is 43.8 Å². The fraction of sp³-hybridized carbons (Fsp3) is 0.920. The summed E-state index contributed by atoms with van der Waals surface area (Å²) in [4.78, 5) is 11.8. The predicted octanol–water partition coefficient (Wildman–Crippen LogP) is 5.83. The Labute approximate surface area is 185 Å². The van der Waals surface area contributed by atoms with Crippen molar-refractivity contribution in [3.8, 4) is 0 Å². The number of ether oxygens (including phenoxy) is 3. The molecule has 0 aromatic rings. The highest BCUT2D eigenvalue weighted by molar-refractivity contribution is 5.69. The molecule has 0 spiro atoms. The van der Waals surface area contributed by atoms with Crippen molar-refractivity contribution >= 4 is 5.97 Å². The maximum atomic E-state index is 11.8. The van der Waals surface area contributed by atoms with E-state index >= 15 is 0 Å². The molecule has 1 rings (SSSR count). The highest BCUT2D eigenvalue weighted by atomic mass is 16.7. The standard InChI is InChI=1S/C25H47O5/c1-4-6-8-10-11-13-17-25(16-12-9-7-5-2)20-29-24(30-21-25)15-14-23(27)28-19-22(3)18-26/h22,24,26H,3-21H2,1-2H3. The molecule has 1 aliphatic rings. The fourth-order valence-electron chi connectivity index (χ4n) is 3.99. The molecular weight excluding hydrogens is 380 g/mol. The van der Waals surface area contributed by atoms with Crippen molar-refractivity contribution in [2.24, 2.45) is 11.3 Å². The Morgan fingerprint density at radius 2 is 1.53 bits per heavy atom. The van der Waals surface area contributed by atoms with Gasteiger partial charge in [0.25, 0.3) is 0 Å². The Balaban J connectivity index is 2.36. The van der Waals surface area contributed by atoms with E-state index < -0.39 is 0 Å². The molecule has 30 heavy (non-hydrogen) atoms. The largest absolute Gasteiger partial charge is 0.465 e. The van der Waals surface area contributed by atoms with Crippen molar-refractivity contribution in [3.63, 3.8) is 0 Å². The van der Waals surface area contributed by atoms with Crippen LogP contribution in [0.1, 0.15) is 104 Å². The number of hydrogen-bond acceptors (Lipinski definition) is 5. The van der Waals surface area contributed by atoms with Gasteiger partial charge in [-0.05, 0) is 19.8 Å². The number of aliphatic hydroxyl groups is 1. The summed E-state index contributed by atoms with van der Waals surface area (Å²) in [7, 11) is 0. The second kappa shape index (κ2) is 17.0. The van der Waals surface area contributed by atoms with Crippen molar-refractivity contribution < 1.29 is 24.1 Å². The molecule has 1 unspecified atom stereocenters. The van der Waals surface area contributed by atoms with E-state index in [1.54, 1.807) is 0 Å². The van der Waals surface area contributed by atoms with Crippen LogP contribution in [0.3, 0.4) is 0 Å². The molecule has 5 heteroatoms. The molecule has 177 valence electrons. The lowest BCUT2D eigenvalue weighted by Crippen LogP contribution is -2.42. The van der Waals surface area contributed by atoms with Gasteiger partial charge in [-0.1, -0.05) is 78.1 Å². The lowest BCUT2D eigenvalue weighted by atomic mass is 9.78. The smallest absolute Gasteiger partial charge is 0.305 e. The normalized spacial score (nSPS) is 22.7.